The second-order valence-electron chi connectivity index (χ2n) is 8.32. The first kappa shape index (κ1) is 23.1. The number of hydrogen-bond acceptors (Lipinski definition) is 6. The third kappa shape index (κ3) is 4.90. The highest BCUT2D eigenvalue weighted by Crippen LogP contribution is 2.24. The van der Waals surface area contributed by atoms with Gasteiger partial charge in [0.25, 0.3) is 0 Å². The van der Waals surface area contributed by atoms with Crippen molar-refractivity contribution in [1.82, 2.24) is 24.6 Å². The molecule has 4 aromatic rings. The number of nitriles is 1. The van der Waals surface area contributed by atoms with Crippen molar-refractivity contribution >= 4 is 11.7 Å². The summed E-state index contributed by atoms with van der Waals surface area (Å²) in [6.07, 6.45) is 1.53. The van der Waals surface area contributed by atoms with Gasteiger partial charge in [-0.1, -0.05) is 0 Å². The van der Waals surface area contributed by atoms with E-state index >= 15 is 0 Å². The Kier molecular flexibility index (Phi) is 6.36. The minimum atomic E-state index is -0.380. The molecule has 2 aromatic carbocycles. The average Bonchev–Trinajstić information content (AvgIpc) is 3.33. The van der Waals surface area contributed by atoms with Crippen LogP contribution >= 0.6 is 0 Å². The van der Waals surface area contributed by atoms with Crippen LogP contribution in [0.1, 0.15) is 5.56 Å². The standard InChI is InChI=1S/C26H21F2N7O/c27-21-6-2-19(3-7-21)25-31-26(20-4-8-22(28)9-5-20)35(32-25)17-24(36)34-13-11-33(12-14-34)23-10-1-18(15-29)16-30-23/h1-10,16H,11-14,17H2. The fourth-order valence-electron chi connectivity index (χ4n) is 4.04. The Morgan fingerprint density at radius 1 is 0.889 bits per heavy atom. The Hall–Kier alpha value is -4.65. The molecule has 180 valence electrons. The second-order valence-corrected chi connectivity index (χ2v) is 8.32. The summed E-state index contributed by atoms with van der Waals surface area (Å²) in [6.45, 7) is 2.18. The van der Waals surface area contributed by atoms with E-state index in [4.69, 9.17) is 5.26 Å². The SMILES string of the molecule is N#Cc1ccc(N2CCN(C(=O)Cn3nc(-c4ccc(F)cc4)nc3-c3ccc(F)cc3)CC2)nc1. The fourth-order valence-corrected chi connectivity index (χ4v) is 4.04. The van der Waals surface area contributed by atoms with E-state index in [1.165, 1.54) is 35.1 Å². The third-order valence-electron chi connectivity index (χ3n) is 5.99. The van der Waals surface area contributed by atoms with Gasteiger partial charge < -0.3 is 9.80 Å². The predicted molar refractivity (Wildman–Crippen MR) is 129 cm³/mol. The van der Waals surface area contributed by atoms with Crippen LogP contribution in [0, 0.1) is 23.0 Å². The minimum absolute atomic E-state index is 0.0456. The first-order chi connectivity index (χ1) is 17.5. The van der Waals surface area contributed by atoms with E-state index in [-0.39, 0.29) is 24.1 Å². The van der Waals surface area contributed by atoms with Crippen LogP contribution in [0.5, 0.6) is 0 Å². The molecule has 5 rings (SSSR count). The molecule has 2 aromatic heterocycles. The number of benzene rings is 2. The first-order valence-corrected chi connectivity index (χ1v) is 11.4. The summed E-state index contributed by atoms with van der Waals surface area (Å²) >= 11 is 0. The number of aromatic nitrogens is 4. The van der Waals surface area contributed by atoms with Gasteiger partial charge in [0.05, 0.1) is 5.56 Å². The lowest BCUT2D eigenvalue weighted by molar-refractivity contribution is -0.132. The number of pyridine rings is 1. The monoisotopic (exact) mass is 485 g/mol. The Morgan fingerprint density at radius 2 is 1.53 bits per heavy atom. The molecule has 0 aliphatic carbocycles. The Balaban J connectivity index is 1.33. The van der Waals surface area contributed by atoms with Crippen molar-refractivity contribution in [2.75, 3.05) is 31.1 Å². The number of carbonyl (C=O) groups is 1. The molecule has 1 fully saturated rings. The van der Waals surface area contributed by atoms with Gasteiger partial charge in [-0.3, -0.25) is 4.79 Å². The quantitative estimate of drug-likeness (QED) is 0.430. The number of piperazine rings is 1. The van der Waals surface area contributed by atoms with Crippen molar-refractivity contribution in [2.45, 2.75) is 6.54 Å². The molecule has 3 heterocycles. The van der Waals surface area contributed by atoms with Gasteiger partial charge >= 0.3 is 0 Å². The van der Waals surface area contributed by atoms with Crippen molar-refractivity contribution in [3.05, 3.63) is 84.1 Å². The molecule has 0 bridgehead atoms. The molecule has 0 atom stereocenters. The van der Waals surface area contributed by atoms with E-state index in [0.717, 1.165) is 5.82 Å². The van der Waals surface area contributed by atoms with Crippen LogP contribution in [0.25, 0.3) is 22.8 Å². The highest BCUT2D eigenvalue weighted by atomic mass is 19.1. The summed E-state index contributed by atoms with van der Waals surface area (Å²) in [5.41, 5.74) is 1.72. The van der Waals surface area contributed by atoms with Gasteiger partial charge in [0.2, 0.25) is 5.91 Å². The van der Waals surface area contributed by atoms with Crippen LogP contribution in [0.15, 0.2) is 66.9 Å². The summed E-state index contributed by atoms with van der Waals surface area (Å²) < 4.78 is 28.4. The van der Waals surface area contributed by atoms with Crippen LogP contribution in [0.2, 0.25) is 0 Å². The molecule has 10 heteroatoms. The van der Waals surface area contributed by atoms with Crippen molar-refractivity contribution in [3.8, 4) is 28.8 Å². The number of rotatable bonds is 5. The first-order valence-electron chi connectivity index (χ1n) is 11.4. The van der Waals surface area contributed by atoms with Crippen LogP contribution < -0.4 is 4.90 Å². The maximum Gasteiger partial charge on any atom is 0.244 e. The number of nitrogens with zero attached hydrogens (tertiary/aromatic N) is 7. The van der Waals surface area contributed by atoms with Crippen molar-refractivity contribution in [3.63, 3.8) is 0 Å². The lowest BCUT2D eigenvalue weighted by atomic mass is 10.2. The molecule has 0 N–H and O–H groups in total. The Bertz CT molecular complexity index is 1400. The zero-order valence-corrected chi connectivity index (χ0v) is 19.2. The largest absolute Gasteiger partial charge is 0.353 e. The molecule has 0 saturated carbocycles. The van der Waals surface area contributed by atoms with Crippen LogP contribution in [0.3, 0.4) is 0 Å². The average molecular weight is 485 g/mol. The lowest BCUT2D eigenvalue weighted by Crippen LogP contribution is -2.50. The zero-order valence-electron chi connectivity index (χ0n) is 19.2. The highest BCUT2D eigenvalue weighted by Gasteiger charge is 2.24. The molecular formula is C26H21F2N7O. The Morgan fingerprint density at radius 3 is 2.11 bits per heavy atom. The number of halogens is 2. The van der Waals surface area contributed by atoms with Gasteiger partial charge in [-0.15, -0.1) is 5.10 Å². The minimum Gasteiger partial charge on any atom is -0.353 e. The molecule has 0 radical (unpaired) electrons. The molecule has 8 nitrogen and oxygen atoms in total. The number of anilines is 1. The van der Waals surface area contributed by atoms with Crippen LogP contribution in [-0.4, -0.2) is 56.7 Å². The molecule has 1 amide bonds. The van der Waals surface area contributed by atoms with Gasteiger partial charge in [-0.25, -0.2) is 23.4 Å². The molecule has 1 aliphatic rings. The van der Waals surface area contributed by atoms with Crippen LogP contribution in [0.4, 0.5) is 14.6 Å². The van der Waals surface area contributed by atoms with E-state index in [0.29, 0.717) is 54.5 Å². The highest BCUT2D eigenvalue weighted by molar-refractivity contribution is 5.77. The lowest BCUT2D eigenvalue weighted by Gasteiger charge is -2.35. The van der Waals surface area contributed by atoms with Crippen LogP contribution in [-0.2, 0) is 11.3 Å². The summed E-state index contributed by atoms with van der Waals surface area (Å²) in [4.78, 5) is 25.9. The van der Waals surface area contributed by atoms with E-state index in [1.807, 2.05) is 0 Å². The second kappa shape index (κ2) is 9.92. The molecule has 36 heavy (non-hydrogen) atoms. The van der Waals surface area contributed by atoms with E-state index in [1.54, 1.807) is 41.3 Å². The molecule has 1 saturated heterocycles. The fraction of sp³-hybridized carbons (Fsp3) is 0.192. The van der Waals surface area contributed by atoms with E-state index < -0.39 is 0 Å². The third-order valence-corrected chi connectivity index (χ3v) is 5.99. The van der Waals surface area contributed by atoms with Gasteiger partial charge in [-0.05, 0) is 60.7 Å². The molecule has 0 unspecified atom stereocenters. The molecule has 0 spiro atoms. The molecule has 1 aliphatic heterocycles. The summed E-state index contributed by atoms with van der Waals surface area (Å²) in [6, 6.07) is 17.2. The number of hydrogen-bond donors (Lipinski definition) is 0. The normalized spacial score (nSPS) is 13.5. The number of amides is 1. The smallest absolute Gasteiger partial charge is 0.244 e. The van der Waals surface area contributed by atoms with Gasteiger partial charge in [0.1, 0.15) is 30.1 Å². The van der Waals surface area contributed by atoms with Crippen molar-refractivity contribution < 1.29 is 13.6 Å². The maximum absolute atomic E-state index is 13.5. The van der Waals surface area contributed by atoms with E-state index in [9.17, 15) is 13.6 Å². The summed E-state index contributed by atoms with van der Waals surface area (Å²) in [7, 11) is 0. The predicted octanol–water partition coefficient (Wildman–Crippen LogP) is 3.51. The zero-order chi connectivity index (χ0) is 25.1. The summed E-state index contributed by atoms with van der Waals surface area (Å²) in [5.74, 6) is 0.653. The van der Waals surface area contributed by atoms with E-state index in [2.05, 4.69) is 26.0 Å². The van der Waals surface area contributed by atoms with Gasteiger partial charge in [0.15, 0.2) is 11.6 Å². The van der Waals surface area contributed by atoms with Crippen molar-refractivity contribution in [2.24, 2.45) is 0 Å². The molecular weight excluding hydrogens is 464 g/mol. The topological polar surface area (TPSA) is 90.9 Å². The van der Waals surface area contributed by atoms with Gasteiger partial charge in [-0.2, -0.15) is 5.26 Å². The van der Waals surface area contributed by atoms with Gasteiger partial charge in [0, 0.05) is 43.5 Å². The number of carbonyl (C=O) groups excluding carboxylic acids is 1. The Labute approximate surface area is 206 Å². The maximum atomic E-state index is 13.5. The van der Waals surface area contributed by atoms with Crippen molar-refractivity contribution in [1.29, 1.82) is 5.26 Å². The summed E-state index contributed by atoms with van der Waals surface area (Å²) in [5, 5.41) is 13.5.